The Labute approximate surface area is 252 Å². The SMILES string of the molecule is COc1cc(C(=O)NS(=O)(=O)c2ccccc2C)ccc1Cc1cn(C(C)C)c2ccc(NC(=O)OC3CCCC3)cc12. The summed E-state index contributed by atoms with van der Waals surface area (Å²) in [6.45, 7) is 5.88. The fraction of sp³-hybridized carbons (Fsp3) is 0.333. The van der Waals surface area contributed by atoms with Crippen molar-refractivity contribution >= 4 is 38.6 Å². The number of methoxy groups -OCH3 is 1. The number of benzene rings is 3. The number of carbonyl (C=O) groups is 2. The number of rotatable bonds is 9. The summed E-state index contributed by atoms with van der Waals surface area (Å²) >= 11 is 0. The highest BCUT2D eigenvalue weighted by atomic mass is 32.2. The molecule has 1 aliphatic carbocycles. The number of nitrogens with one attached hydrogen (secondary N) is 2. The van der Waals surface area contributed by atoms with Crippen molar-refractivity contribution in [2.45, 2.75) is 69.9 Å². The maximum Gasteiger partial charge on any atom is 0.411 e. The molecule has 43 heavy (non-hydrogen) atoms. The Kier molecular flexibility index (Phi) is 8.77. The van der Waals surface area contributed by atoms with Crippen molar-refractivity contribution in [2.75, 3.05) is 12.4 Å². The summed E-state index contributed by atoms with van der Waals surface area (Å²) in [4.78, 5) is 25.5. The first-order valence-corrected chi connectivity index (χ1v) is 15.9. The van der Waals surface area contributed by atoms with Crippen LogP contribution in [-0.4, -0.2) is 38.2 Å². The first kappa shape index (κ1) is 30.2. The van der Waals surface area contributed by atoms with Gasteiger partial charge in [0.25, 0.3) is 15.9 Å². The smallest absolute Gasteiger partial charge is 0.411 e. The lowest BCUT2D eigenvalue weighted by Gasteiger charge is -2.13. The van der Waals surface area contributed by atoms with Crippen LogP contribution in [0, 0.1) is 6.92 Å². The molecule has 1 saturated carbocycles. The van der Waals surface area contributed by atoms with Crippen LogP contribution in [0.25, 0.3) is 10.9 Å². The van der Waals surface area contributed by atoms with Gasteiger partial charge in [-0.05, 0) is 99.5 Å². The van der Waals surface area contributed by atoms with Crippen LogP contribution >= 0.6 is 0 Å². The van der Waals surface area contributed by atoms with Crippen LogP contribution < -0.4 is 14.8 Å². The highest BCUT2D eigenvalue weighted by Gasteiger charge is 2.22. The van der Waals surface area contributed by atoms with Crippen LogP contribution in [0.15, 0.2) is 71.8 Å². The molecule has 1 heterocycles. The van der Waals surface area contributed by atoms with E-state index >= 15 is 0 Å². The molecule has 0 saturated heterocycles. The van der Waals surface area contributed by atoms with E-state index in [4.69, 9.17) is 9.47 Å². The summed E-state index contributed by atoms with van der Waals surface area (Å²) in [5, 5.41) is 3.85. The van der Waals surface area contributed by atoms with Gasteiger partial charge < -0.3 is 14.0 Å². The third-order valence-electron chi connectivity index (χ3n) is 7.83. The summed E-state index contributed by atoms with van der Waals surface area (Å²) in [5.74, 6) is -0.287. The fourth-order valence-electron chi connectivity index (χ4n) is 5.61. The van der Waals surface area contributed by atoms with Gasteiger partial charge in [-0.25, -0.2) is 17.9 Å². The molecule has 0 unspecified atom stereocenters. The van der Waals surface area contributed by atoms with Crippen LogP contribution in [0.5, 0.6) is 5.75 Å². The highest BCUT2D eigenvalue weighted by molar-refractivity contribution is 7.90. The molecule has 0 radical (unpaired) electrons. The number of ether oxygens (including phenoxy) is 2. The first-order valence-electron chi connectivity index (χ1n) is 14.5. The van der Waals surface area contributed by atoms with E-state index in [9.17, 15) is 18.0 Å². The maximum atomic E-state index is 13.0. The molecule has 0 atom stereocenters. The number of hydrogen-bond acceptors (Lipinski definition) is 6. The van der Waals surface area contributed by atoms with Gasteiger partial charge >= 0.3 is 6.09 Å². The number of nitrogens with zero attached hydrogens (tertiary/aromatic N) is 1. The molecule has 0 aliphatic heterocycles. The van der Waals surface area contributed by atoms with Crippen molar-refractivity contribution in [3.63, 3.8) is 0 Å². The van der Waals surface area contributed by atoms with E-state index in [0.717, 1.165) is 47.7 Å². The van der Waals surface area contributed by atoms with Gasteiger partial charge in [0.15, 0.2) is 0 Å². The molecule has 3 aromatic carbocycles. The van der Waals surface area contributed by atoms with Gasteiger partial charge in [-0.3, -0.25) is 10.1 Å². The summed E-state index contributed by atoms with van der Waals surface area (Å²) in [6.07, 6.45) is 6.06. The van der Waals surface area contributed by atoms with Crippen molar-refractivity contribution in [2.24, 2.45) is 0 Å². The molecule has 1 fully saturated rings. The lowest BCUT2D eigenvalue weighted by atomic mass is 10.0. The third kappa shape index (κ3) is 6.69. The molecular weight excluding hydrogens is 566 g/mol. The van der Waals surface area contributed by atoms with Crippen LogP contribution in [0.1, 0.15) is 72.6 Å². The molecule has 2 N–H and O–H groups in total. The molecular formula is C33H37N3O6S. The minimum Gasteiger partial charge on any atom is -0.496 e. The normalized spacial score (nSPS) is 13.8. The molecule has 5 rings (SSSR count). The monoisotopic (exact) mass is 603 g/mol. The number of aromatic nitrogens is 1. The van der Waals surface area contributed by atoms with E-state index in [-0.39, 0.29) is 22.6 Å². The Morgan fingerprint density at radius 1 is 1.00 bits per heavy atom. The molecule has 1 aliphatic rings. The predicted octanol–water partition coefficient (Wildman–Crippen LogP) is 6.74. The van der Waals surface area contributed by atoms with Crippen molar-refractivity contribution in [1.82, 2.24) is 9.29 Å². The topological polar surface area (TPSA) is 116 Å². The Morgan fingerprint density at radius 2 is 1.74 bits per heavy atom. The number of carbonyl (C=O) groups excluding carboxylic acids is 2. The summed E-state index contributed by atoms with van der Waals surface area (Å²) < 4.78 is 41.3. The number of sulfonamides is 1. The molecule has 9 nitrogen and oxygen atoms in total. The molecule has 1 aromatic heterocycles. The zero-order valence-electron chi connectivity index (χ0n) is 24.8. The van der Waals surface area contributed by atoms with Gasteiger partial charge in [-0.15, -0.1) is 0 Å². The third-order valence-corrected chi connectivity index (χ3v) is 9.33. The minimum absolute atomic E-state index is 0.0265. The molecule has 10 heteroatoms. The summed E-state index contributed by atoms with van der Waals surface area (Å²) in [7, 11) is -2.53. The Bertz CT molecular complexity index is 1770. The van der Waals surface area contributed by atoms with E-state index < -0.39 is 22.0 Å². The minimum atomic E-state index is -4.05. The van der Waals surface area contributed by atoms with Gasteiger partial charge in [0.1, 0.15) is 11.9 Å². The molecule has 226 valence electrons. The second-order valence-electron chi connectivity index (χ2n) is 11.2. The molecule has 0 spiro atoms. The van der Waals surface area contributed by atoms with E-state index in [1.165, 1.54) is 13.2 Å². The Hall–Kier alpha value is -4.31. The lowest BCUT2D eigenvalue weighted by molar-refractivity contribution is 0.0980. The van der Waals surface area contributed by atoms with Crippen LogP contribution in [0.3, 0.4) is 0 Å². The average molecular weight is 604 g/mol. The second-order valence-corrected chi connectivity index (χ2v) is 12.9. The Balaban J connectivity index is 1.39. The predicted molar refractivity (Wildman–Crippen MR) is 166 cm³/mol. The van der Waals surface area contributed by atoms with Gasteiger partial charge in [-0.1, -0.05) is 24.3 Å². The van der Waals surface area contributed by atoms with Crippen LogP contribution in [-0.2, 0) is 21.2 Å². The molecule has 4 aromatic rings. The standard InChI is InChI=1S/C33H37N3O6S/c1-21(2)36-20-25(28-19-26(15-16-29(28)36)34-33(38)42-27-10-6-7-11-27)17-23-13-14-24(18-30(23)41-4)32(37)35-43(39,40)31-12-8-5-9-22(31)3/h5,8-9,12-16,18-21,27H,6-7,10-11,17H2,1-4H3,(H,34,38)(H,35,37). The number of fused-ring (bicyclic) bond motifs is 1. The zero-order valence-corrected chi connectivity index (χ0v) is 25.7. The number of amides is 2. The van der Waals surface area contributed by atoms with E-state index in [1.807, 2.05) is 18.2 Å². The van der Waals surface area contributed by atoms with Gasteiger partial charge in [0.05, 0.1) is 12.0 Å². The van der Waals surface area contributed by atoms with Gasteiger partial charge in [0.2, 0.25) is 0 Å². The van der Waals surface area contributed by atoms with Crippen LogP contribution in [0.2, 0.25) is 0 Å². The van der Waals surface area contributed by atoms with Crippen molar-refractivity contribution in [3.05, 3.63) is 89.1 Å². The fourth-order valence-corrected chi connectivity index (χ4v) is 6.83. The van der Waals surface area contributed by atoms with Gasteiger partial charge in [0, 0.05) is 40.8 Å². The molecule has 0 bridgehead atoms. The first-order chi connectivity index (χ1) is 20.6. The summed E-state index contributed by atoms with van der Waals surface area (Å²) in [6, 6.07) is 17.4. The van der Waals surface area contributed by atoms with E-state index in [0.29, 0.717) is 23.4 Å². The largest absolute Gasteiger partial charge is 0.496 e. The number of aryl methyl sites for hydroxylation is 1. The van der Waals surface area contributed by atoms with E-state index in [1.54, 1.807) is 43.3 Å². The van der Waals surface area contributed by atoms with Crippen molar-refractivity contribution in [1.29, 1.82) is 0 Å². The Morgan fingerprint density at radius 3 is 2.44 bits per heavy atom. The van der Waals surface area contributed by atoms with Crippen molar-refractivity contribution < 1.29 is 27.5 Å². The quantitative estimate of drug-likeness (QED) is 0.219. The highest BCUT2D eigenvalue weighted by Crippen LogP contribution is 2.32. The van der Waals surface area contributed by atoms with Crippen LogP contribution in [0.4, 0.5) is 10.5 Å². The summed E-state index contributed by atoms with van der Waals surface area (Å²) in [5.41, 5.74) is 4.20. The lowest BCUT2D eigenvalue weighted by Crippen LogP contribution is -2.31. The number of anilines is 1. The molecule has 2 amide bonds. The van der Waals surface area contributed by atoms with Gasteiger partial charge in [-0.2, -0.15) is 0 Å². The maximum absolute atomic E-state index is 13.0. The second kappa shape index (κ2) is 12.5. The van der Waals surface area contributed by atoms with Crippen molar-refractivity contribution in [3.8, 4) is 5.75 Å². The number of hydrogen-bond donors (Lipinski definition) is 2. The zero-order chi connectivity index (χ0) is 30.7. The van der Waals surface area contributed by atoms with E-state index in [2.05, 4.69) is 34.7 Å². The average Bonchev–Trinajstić information content (AvgIpc) is 3.61.